The van der Waals surface area contributed by atoms with Gasteiger partial charge in [-0.3, -0.25) is 4.79 Å². The molecule has 5 nitrogen and oxygen atoms in total. The lowest BCUT2D eigenvalue weighted by Crippen LogP contribution is -2.24. The van der Waals surface area contributed by atoms with Gasteiger partial charge < -0.3 is 9.90 Å². The summed E-state index contributed by atoms with van der Waals surface area (Å²) in [5.41, 5.74) is 2.29. The normalized spacial score (nSPS) is 15.8. The van der Waals surface area contributed by atoms with Crippen LogP contribution in [0.4, 0.5) is 5.69 Å². The second-order valence-electron chi connectivity index (χ2n) is 5.25. The maximum atomic E-state index is 12.7. The molecule has 0 saturated heterocycles. The summed E-state index contributed by atoms with van der Waals surface area (Å²) in [5, 5.41) is 16.4. The van der Waals surface area contributed by atoms with E-state index in [1.165, 1.54) is 17.1 Å². The molecule has 0 atom stereocenters. The van der Waals surface area contributed by atoms with Crippen LogP contribution in [0.1, 0.15) is 22.8 Å². The minimum absolute atomic E-state index is 0.00225. The molecule has 3 rings (SSSR count). The number of carboxylic acid groups (broad SMARTS) is 1. The first-order valence-corrected chi connectivity index (χ1v) is 7.94. The van der Waals surface area contributed by atoms with Gasteiger partial charge in [-0.2, -0.15) is 10.1 Å². The van der Waals surface area contributed by atoms with Crippen molar-refractivity contribution in [3.05, 3.63) is 69.7 Å². The third-order valence-corrected chi connectivity index (χ3v) is 4.04. The highest BCUT2D eigenvalue weighted by molar-refractivity contribution is 9.10. The average molecular weight is 384 g/mol. The van der Waals surface area contributed by atoms with Gasteiger partial charge in [0, 0.05) is 4.47 Å². The molecule has 2 aromatic carbocycles. The van der Waals surface area contributed by atoms with Gasteiger partial charge in [0.25, 0.3) is 5.91 Å². The predicted octanol–water partition coefficient (Wildman–Crippen LogP) is 2.62. The van der Waals surface area contributed by atoms with Crippen LogP contribution in [0.2, 0.25) is 0 Å². The van der Waals surface area contributed by atoms with Gasteiger partial charge in [-0.15, -0.1) is 0 Å². The van der Waals surface area contributed by atoms with Crippen molar-refractivity contribution >= 4 is 45.3 Å². The molecule has 24 heavy (non-hydrogen) atoms. The Bertz CT molecular complexity index is 903. The Hall–Kier alpha value is -2.73. The maximum Gasteiger partial charge on any atom is 0.280 e. The topological polar surface area (TPSA) is 72.8 Å². The molecule has 0 fully saturated rings. The van der Waals surface area contributed by atoms with Crippen LogP contribution in [-0.2, 0) is 4.79 Å². The molecule has 1 amide bonds. The van der Waals surface area contributed by atoms with Crippen LogP contribution in [0.3, 0.4) is 0 Å². The predicted molar refractivity (Wildman–Crippen MR) is 93.5 cm³/mol. The molecule has 2 aromatic rings. The van der Waals surface area contributed by atoms with Crippen LogP contribution >= 0.6 is 15.9 Å². The van der Waals surface area contributed by atoms with Crippen molar-refractivity contribution in [1.82, 2.24) is 0 Å². The van der Waals surface area contributed by atoms with Gasteiger partial charge in [0.1, 0.15) is 0 Å². The summed E-state index contributed by atoms with van der Waals surface area (Å²) in [7, 11) is 0. The summed E-state index contributed by atoms with van der Waals surface area (Å²) in [5.74, 6) is -1.60. The molecule has 1 aliphatic rings. The highest BCUT2D eigenvalue weighted by Gasteiger charge is 2.28. The minimum atomic E-state index is -1.30. The molecular formula is C18H12BrN2O3-. The number of hydrazone groups is 1. The van der Waals surface area contributed by atoms with E-state index in [2.05, 4.69) is 21.0 Å². The second-order valence-corrected chi connectivity index (χ2v) is 6.17. The van der Waals surface area contributed by atoms with Gasteiger partial charge in [-0.1, -0.05) is 40.2 Å². The molecule has 0 aromatic heterocycles. The van der Waals surface area contributed by atoms with Crippen LogP contribution < -0.4 is 10.1 Å². The molecule has 120 valence electrons. The number of anilines is 1. The molecule has 0 saturated carbocycles. The van der Waals surface area contributed by atoms with Gasteiger partial charge in [-0.05, 0) is 48.4 Å². The van der Waals surface area contributed by atoms with E-state index in [9.17, 15) is 14.7 Å². The van der Waals surface area contributed by atoms with Crippen molar-refractivity contribution in [3.8, 4) is 0 Å². The minimum Gasteiger partial charge on any atom is -0.545 e. The van der Waals surface area contributed by atoms with E-state index >= 15 is 0 Å². The molecule has 0 spiro atoms. The van der Waals surface area contributed by atoms with Crippen molar-refractivity contribution in [2.45, 2.75) is 6.92 Å². The number of halogens is 1. The van der Waals surface area contributed by atoms with Crippen LogP contribution in [0, 0.1) is 0 Å². The standard InChI is InChI=1S/C18H13BrN2O3/c1-11-16(9-12-4-2-6-14(19)8-12)17(22)21(20-11)15-7-3-5-13(10-15)18(23)24/h2-10H,1H3,(H,23,24)/p-1/b16-9-. The number of amides is 1. The fourth-order valence-corrected chi connectivity index (χ4v) is 2.80. The summed E-state index contributed by atoms with van der Waals surface area (Å²) in [4.78, 5) is 23.6. The first-order chi connectivity index (χ1) is 11.5. The third-order valence-electron chi connectivity index (χ3n) is 3.55. The smallest absolute Gasteiger partial charge is 0.280 e. The number of benzene rings is 2. The number of hydrogen-bond donors (Lipinski definition) is 0. The van der Waals surface area contributed by atoms with E-state index in [1.54, 1.807) is 25.1 Å². The fourth-order valence-electron chi connectivity index (χ4n) is 2.39. The number of aromatic carboxylic acids is 1. The van der Waals surface area contributed by atoms with E-state index in [0.29, 0.717) is 17.0 Å². The molecule has 0 aliphatic carbocycles. The zero-order valence-corrected chi connectivity index (χ0v) is 14.3. The number of carbonyl (C=O) groups excluding carboxylic acids is 2. The lowest BCUT2D eigenvalue weighted by molar-refractivity contribution is -0.255. The summed E-state index contributed by atoms with van der Waals surface area (Å²) in [6, 6.07) is 13.5. The Morgan fingerprint density at radius 3 is 2.67 bits per heavy atom. The van der Waals surface area contributed by atoms with Crippen molar-refractivity contribution < 1.29 is 14.7 Å². The number of carbonyl (C=O) groups is 2. The van der Waals surface area contributed by atoms with Gasteiger partial charge >= 0.3 is 0 Å². The number of nitrogens with zero attached hydrogens (tertiary/aromatic N) is 2. The monoisotopic (exact) mass is 383 g/mol. The van der Waals surface area contributed by atoms with Crippen molar-refractivity contribution in [2.24, 2.45) is 5.10 Å². The van der Waals surface area contributed by atoms with Crippen LogP contribution in [-0.4, -0.2) is 17.6 Å². The van der Waals surface area contributed by atoms with Crippen LogP contribution in [0.25, 0.3) is 6.08 Å². The molecule has 0 N–H and O–H groups in total. The van der Waals surface area contributed by atoms with E-state index < -0.39 is 5.97 Å². The first-order valence-electron chi connectivity index (χ1n) is 7.14. The van der Waals surface area contributed by atoms with Crippen LogP contribution in [0.5, 0.6) is 0 Å². The van der Waals surface area contributed by atoms with Gasteiger partial charge in [0.05, 0.1) is 22.9 Å². The quantitative estimate of drug-likeness (QED) is 0.764. The SMILES string of the molecule is CC1=NN(c2cccc(C(=O)[O-])c2)C(=O)/C1=C\c1cccc(Br)c1. The summed E-state index contributed by atoms with van der Waals surface area (Å²) in [6.07, 6.45) is 1.76. The molecule has 0 unspecified atom stereocenters. The third kappa shape index (κ3) is 3.14. The lowest BCUT2D eigenvalue weighted by Gasteiger charge is -2.13. The lowest BCUT2D eigenvalue weighted by atomic mass is 10.1. The summed E-state index contributed by atoms with van der Waals surface area (Å²) in [6.45, 7) is 1.74. The number of hydrogen-bond acceptors (Lipinski definition) is 4. The zero-order chi connectivity index (χ0) is 17.3. The highest BCUT2D eigenvalue weighted by Crippen LogP contribution is 2.26. The molecule has 6 heteroatoms. The largest absolute Gasteiger partial charge is 0.545 e. The van der Waals surface area contributed by atoms with E-state index in [4.69, 9.17) is 0 Å². The molecule has 1 aliphatic heterocycles. The van der Waals surface area contributed by atoms with Crippen molar-refractivity contribution in [1.29, 1.82) is 0 Å². The van der Waals surface area contributed by atoms with Crippen LogP contribution in [0.15, 0.2) is 63.7 Å². The molecular weight excluding hydrogens is 372 g/mol. The van der Waals surface area contributed by atoms with Crippen molar-refractivity contribution in [3.63, 3.8) is 0 Å². The molecule has 1 heterocycles. The average Bonchev–Trinajstić information content (AvgIpc) is 2.83. The zero-order valence-electron chi connectivity index (χ0n) is 12.7. The van der Waals surface area contributed by atoms with E-state index in [1.807, 2.05) is 24.3 Å². The Morgan fingerprint density at radius 1 is 1.21 bits per heavy atom. The van der Waals surface area contributed by atoms with Gasteiger partial charge in [0.15, 0.2) is 0 Å². The highest BCUT2D eigenvalue weighted by atomic mass is 79.9. The first kappa shape index (κ1) is 16.1. The van der Waals surface area contributed by atoms with Crippen molar-refractivity contribution in [2.75, 3.05) is 5.01 Å². The number of carboxylic acids is 1. The van der Waals surface area contributed by atoms with Gasteiger partial charge in [0.2, 0.25) is 0 Å². The fraction of sp³-hybridized carbons (Fsp3) is 0.0556. The molecule has 0 radical (unpaired) electrons. The Labute approximate surface area is 147 Å². The summed E-state index contributed by atoms with van der Waals surface area (Å²) >= 11 is 3.40. The Kier molecular flexibility index (Phi) is 4.31. The Balaban J connectivity index is 1.96. The second kappa shape index (κ2) is 6.41. The maximum absolute atomic E-state index is 12.7. The number of rotatable bonds is 3. The van der Waals surface area contributed by atoms with E-state index in [-0.39, 0.29) is 11.5 Å². The molecule has 0 bridgehead atoms. The van der Waals surface area contributed by atoms with Gasteiger partial charge in [-0.25, -0.2) is 0 Å². The van der Waals surface area contributed by atoms with E-state index in [0.717, 1.165) is 10.0 Å². The summed E-state index contributed by atoms with van der Waals surface area (Å²) < 4.78 is 0.912. The Morgan fingerprint density at radius 2 is 1.96 bits per heavy atom.